The van der Waals surface area contributed by atoms with Crippen LogP contribution in [0.25, 0.3) is 10.6 Å². The molecule has 1 amide bonds. The fourth-order valence-corrected chi connectivity index (χ4v) is 3.43. The minimum atomic E-state index is -0.0443. The number of aromatic nitrogens is 1. The lowest BCUT2D eigenvalue weighted by Gasteiger charge is -2.30. The van der Waals surface area contributed by atoms with Gasteiger partial charge < -0.3 is 5.32 Å². The minimum Gasteiger partial charge on any atom is -0.350 e. The molecule has 0 unspecified atom stereocenters. The zero-order valence-electron chi connectivity index (χ0n) is 14.2. The molecule has 0 aliphatic heterocycles. The maximum atomic E-state index is 12.3. The summed E-state index contributed by atoms with van der Waals surface area (Å²) >= 11 is 1.43. The van der Waals surface area contributed by atoms with Gasteiger partial charge in [0.25, 0.3) is 5.91 Å². The molecule has 1 aromatic carbocycles. The van der Waals surface area contributed by atoms with Gasteiger partial charge in [0.1, 0.15) is 9.88 Å². The van der Waals surface area contributed by atoms with Crippen LogP contribution in [0.15, 0.2) is 36.5 Å². The van der Waals surface area contributed by atoms with E-state index in [-0.39, 0.29) is 5.91 Å². The van der Waals surface area contributed by atoms with Gasteiger partial charge in [-0.3, -0.25) is 9.69 Å². The topological polar surface area (TPSA) is 45.2 Å². The van der Waals surface area contributed by atoms with E-state index in [2.05, 4.69) is 42.9 Å². The van der Waals surface area contributed by atoms with Crippen LogP contribution in [0.4, 0.5) is 0 Å². The Morgan fingerprint density at radius 3 is 2.43 bits per heavy atom. The highest BCUT2D eigenvalue weighted by atomic mass is 32.1. The Morgan fingerprint density at radius 1 is 1.17 bits per heavy atom. The largest absolute Gasteiger partial charge is 0.350 e. The van der Waals surface area contributed by atoms with Gasteiger partial charge in [0, 0.05) is 30.7 Å². The number of rotatable bonds is 7. The Hall–Kier alpha value is -1.72. The van der Waals surface area contributed by atoms with Crippen LogP contribution in [0.5, 0.6) is 0 Å². The molecule has 0 saturated carbocycles. The molecule has 2 aromatic rings. The minimum absolute atomic E-state index is 0.0443. The summed E-state index contributed by atoms with van der Waals surface area (Å²) in [6, 6.07) is 10.9. The molecule has 0 fully saturated rings. The molecule has 1 heterocycles. The van der Waals surface area contributed by atoms with Crippen molar-refractivity contribution in [1.82, 2.24) is 15.2 Å². The van der Waals surface area contributed by atoms with Crippen LogP contribution in [0.1, 0.15) is 37.4 Å². The third-order valence-corrected chi connectivity index (χ3v) is 4.78. The SMILES string of the molecule is CC(C)N(CCNC(=O)c1cnc(-c2ccccc2)s1)C(C)C. The van der Waals surface area contributed by atoms with Crippen molar-refractivity contribution in [3.8, 4) is 10.6 Å². The first kappa shape index (κ1) is 17.6. The Labute approximate surface area is 142 Å². The fraction of sp³-hybridized carbons (Fsp3) is 0.444. The second kappa shape index (κ2) is 8.22. The van der Waals surface area contributed by atoms with Gasteiger partial charge in [0.2, 0.25) is 0 Å². The summed E-state index contributed by atoms with van der Waals surface area (Å²) in [5.41, 5.74) is 1.04. The van der Waals surface area contributed by atoms with Gasteiger partial charge in [-0.2, -0.15) is 0 Å². The summed E-state index contributed by atoms with van der Waals surface area (Å²) in [4.78, 5) is 19.6. The number of nitrogens with zero attached hydrogens (tertiary/aromatic N) is 2. The number of hydrogen-bond donors (Lipinski definition) is 1. The molecule has 0 spiro atoms. The average Bonchev–Trinajstić information content (AvgIpc) is 3.01. The van der Waals surface area contributed by atoms with Crippen LogP contribution in [-0.4, -0.2) is 41.0 Å². The third kappa shape index (κ3) is 4.88. The maximum Gasteiger partial charge on any atom is 0.263 e. The molecule has 0 aliphatic carbocycles. The van der Waals surface area contributed by atoms with E-state index < -0.39 is 0 Å². The molecule has 124 valence electrons. The molecule has 0 bridgehead atoms. The summed E-state index contributed by atoms with van der Waals surface area (Å²) in [5.74, 6) is -0.0443. The fourth-order valence-electron chi connectivity index (χ4n) is 2.59. The lowest BCUT2D eigenvalue weighted by atomic mass is 10.2. The summed E-state index contributed by atoms with van der Waals surface area (Å²) in [7, 11) is 0. The standard InChI is InChI=1S/C18H25N3OS/c1-13(2)21(14(3)4)11-10-19-17(22)16-12-20-18(23-16)15-8-6-5-7-9-15/h5-9,12-14H,10-11H2,1-4H3,(H,19,22). The van der Waals surface area contributed by atoms with E-state index in [0.717, 1.165) is 17.1 Å². The Bertz CT molecular complexity index is 614. The van der Waals surface area contributed by atoms with Crippen molar-refractivity contribution in [2.24, 2.45) is 0 Å². The van der Waals surface area contributed by atoms with Crippen LogP contribution in [0, 0.1) is 0 Å². The Balaban J connectivity index is 1.91. The van der Waals surface area contributed by atoms with Crippen molar-refractivity contribution in [1.29, 1.82) is 0 Å². The normalized spacial score (nSPS) is 11.4. The van der Waals surface area contributed by atoms with Gasteiger partial charge in [0.15, 0.2) is 0 Å². The summed E-state index contributed by atoms with van der Waals surface area (Å²) < 4.78 is 0. The second-order valence-corrected chi connectivity index (χ2v) is 7.11. The molecule has 0 radical (unpaired) electrons. The summed E-state index contributed by atoms with van der Waals surface area (Å²) in [6.45, 7) is 10.2. The smallest absolute Gasteiger partial charge is 0.263 e. The molecular weight excluding hydrogens is 306 g/mol. The molecular formula is C18H25N3OS. The number of nitrogens with one attached hydrogen (secondary N) is 1. The van der Waals surface area contributed by atoms with E-state index in [9.17, 15) is 4.79 Å². The van der Waals surface area contributed by atoms with Crippen LogP contribution < -0.4 is 5.32 Å². The molecule has 23 heavy (non-hydrogen) atoms. The molecule has 1 aromatic heterocycles. The molecule has 5 heteroatoms. The molecule has 4 nitrogen and oxygen atoms in total. The van der Waals surface area contributed by atoms with E-state index in [4.69, 9.17) is 0 Å². The number of amides is 1. The van der Waals surface area contributed by atoms with Crippen molar-refractivity contribution < 1.29 is 4.79 Å². The predicted molar refractivity (Wildman–Crippen MR) is 96.9 cm³/mol. The van der Waals surface area contributed by atoms with Gasteiger partial charge in [-0.05, 0) is 27.7 Å². The molecule has 0 saturated heterocycles. The molecule has 0 atom stereocenters. The van der Waals surface area contributed by atoms with Gasteiger partial charge >= 0.3 is 0 Å². The lowest BCUT2D eigenvalue weighted by molar-refractivity contribution is 0.0943. The molecule has 1 N–H and O–H groups in total. The monoisotopic (exact) mass is 331 g/mol. The van der Waals surface area contributed by atoms with Crippen LogP contribution >= 0.6 is 11.3 Å². The van der Waals surface area contributed by atoms with E-state index in [0.29, 0.717) is 23.5 Å². The number of benzene rings is 1. The first-order chi connectivity index (χ1) is 11.0. The number of hydrogen-bond acceptors (Lipinski definition) is 4. The van der Waals surface area contributed by atoms with Gasteiger partial charge in [-0.1, -0.05) is 30.3 Å². The van der Waals surface area contributed by atoms with E-state index in [1.807, 2.05) is 30.3 Å². The van der Waals surface area contributed by atoms with Crippen molar-refractivity contribution in [3.63, 3.8) is 0 Å². The van der Waals surface area contributed by atoms with Gasteiger partial charge in [-0.15, -0.1) is 11.3 Å². The molecule has 2 rings (SSSR count). The Morgan fingerprint density at radius 2 is 1.83 bits per heavy atom. The Kier molecular flexibility index (Phi) is 6.30. The van der Waals surface area contributed by atoms with Crippen LogP contribution in [0.3, 0.4) is 0 Å². The second-order valence-electron chi connectivity index (χ2n) is 6.08. The van der Waals surface area contributed by atoms with E-state index >= 15 is 0 Å². The predicted octanol–water partition coefficient (Wildman–Crippen LogP) is 3.66. The number of thiazole rings is 1. The summed E-state index contributed by atoms with van der Waals surface area (Å²) in [5, 5.41) is 3.87. The average molecular weight is 331 g/mol. The lowest BCUT2D eigenvalue weighted by Crippen LogP contribution is -2.42. The van der Waals surface area contributed by atoms with Crippen molar-refractivity contribution in [2.45, 2.75) is 39.8 Å². The van der Waals surface area contributed by atoms with Crippen molar-refractivity contribution >= 4 is 17.2 Å². The van der Waals surface area contributed by atoms with E-state index in [1.165, 1.54) is 11.3 Å². The van der Waals surface area contributed by atoms with Gasteiger partial charge in [0.05, 0.1) is 6.20 Å². The first-order valence-electron chi connectivity index (χ1n) is 8.04. The quantitative estimate of drug-likeness (QED) is 0.842. The first-order valence-corrected chi connectivity index (χ1v) is 8.86. The highest BCUT2D eigenvalue weighted by Crippen LogP contribution is 2.24. The van der Waals surface area contributed by atoms with Crippen LogP contribution in [-0.2, 0) is 0 Å². The van der Waals surface area contributed by atoms with E-state index in [1.54, 1.807) is 6.20 Å². The zero-order valence-corrected chi connectivity index (χ0v) is 15.1. The molecule has 0 aliphatic rings. The zero-order chi connectivity index (χ0) is 16.8. The van der Waals surface area contributed by atoms with Crippen molar-refractivity contribution in [2.75, 3.05) is 13.1 Å². The number of carbonyl (C=O) groups is 1. The highest BCUT2D eigenvalue weighted by Gasteiger charge is 2.15. The third-order valence-electron chi connectivity index (χ3n) is 3.73. The maximum absolute atomic E-state index is 12.3. The van der Waals surface area contributed by atoms with Crippen LogP contribution in [0.2, 0.25) is 0 Å². The highest BCUT2D eigenvalue weighted by molar-refractivity contribution is 7.16. The summed E-state index contributed by atoms with van der Waals surface area (Å²) in [6.07, 6.45) is 1.66. The van der Waals surface area contributed by atoms with Crippen molar-refractivity contribution in [3.05, 3.63) is 41.4 Å². The number of carbonyl (C=O) groups excluding carboxylic acids is 1. The van der Waals surface area contributed by atoms with Gasteiger partial charge in [-0.25, -0.2) is 4.98 Å².